The number of hydrogen-bond acceptors (Lipinski definition) is 3. The average molecular weight is 321 g/mol. The fraction of sp³-hybridized carbons (Fsp3) is 0.500. The maximum atomic E-state index is 12.2. The minimum atomic E-state index is -0.0825. The zero-order valence-electron chi connectivity index (χ0n) is 13.5. The lowest BCUT2D eigenvalue weighted by molar-refractivity contribution is -0.117. The van der Waals surface area contributed by atoms with E-state index in [-0.39, 0.29) is 24.0 Å². The van der Waals surface area contributed by atoms with Crippen LogP contribution in [0.15, 0.2) is 24.3 Å². The van der Waals surface area contributed by atoms with Gasteiger partial charge < -0.3 is 20.3 Å². The third-order valence-corrected chi connectivity index (χ3v) is 4.07. The van der Waals surface area contributed by atoms with E-state index >= 15 is 0 Å². The van der Waals surface area contributed by atoms with Crippen molar-refractivity contribution in [1.82, 2.24) is 10.2 Å². The lowest BCUT2D eigenvalue weighted by atomic mass is 9.93. The molecule has 0 unspecified atom stereocenters. The molecule has 22 heavy (non-hydrogen) atoms. The van der Waals surface area contributed by atoms with Crippen molar-refractivity contribution in [2.75, 3.05) is 19.0 Å². The summed E-state index contributed by atoms with van der Waals surface area (Å²) in [4.78, 5) is 14.1. The first-order valence-corrected chi connectivity index (χ1v) is 7.74. The van der Waals surface area contributed by atoms with E-state index in [0.717, 1.165) is 17.9 Å². The fourth-order valence-electron chi connectivity index (χ4n) is 2.72. The minimum absolute atomic E-state index is 0.0283. The monoisotopic (exact) mass is 321 g/mol. The molecular weight excluding hydrogens is 298 g/mol. The lowest BCUT2D eigenvalue weighted by Crippen LogP contribution is -2.61. The second-order valence-corrected chi connectivity index (χ2v) is 6.66. The molecule has 1 aliphatic rings. The predicted octanol–water partition coefficient (Wildman–Crippen LogP) is 2.38. The van der Waals surface area contributed by atoms with Crippen LogP contribution in [0.25, 0.3) is 0 Å². The molecule has 120 valence electrons. The number of methoxy groups -OCH3 is 1. The third-order valence-electron chi connectivity index (χ3n) is 3.73. The summed E-state index contributed by atoms with van der Waals surface area (Å²) in [5.41, 5.74) is 0.717. The van der Waals surface area contributed by atoms with Crippen LogP contribution in [0.4, 0.5) is 5.69 Å². The molecule has 0 bridgehead atoms. The highest BCUT2D eigenvalue weighted by Crippen LogP contribution is 2.22. The Labute approximate surface area is 137 Å². The van der Waals surface area contributed by atoms with Gasteiger partial charge in [0.25, 0.3) is 0 Å². The number of nitrogens with zero attached hydrogens (tertiary/aromatic N) is 1. The topological polar surface area (TPSA) is 53.6 Å². The van der Waals surface area contributed by atoms with Crippen molar-refractivity contribution in [3.8, 4) is 5.75 Å². The molecule has 2 N–H and O–H groups in total. The quantitative estimate of drug-likeness (QED) is 0.834. The van der Waals surface area contributed by atoms with E-state index in [1.54, 1.807) is 7.11 Å². The van der Waals surface area contributed by atoms with E-state index < -0.39 is 0 Å². The maximum Gasteiger partial charge on any atom is 0.243 e. The van der Waals surface area contributed by atoms with E-state index in [9.17, 15) is 4.79 Å². The Hall–Kier alpha value is -1.82. The zero-order valence-corrected chi connectivity index (χ0v) is 14.3. The van der Waals surface area contributed by atoms with Gasteiger partial charge in [0.05, 0.1) is 13.7 Å². The lowest BCUT2D eigenvalue weighted by Gasteiger charge is -2.44. The van der Waals surface area contributed by atoms with Gasteiger partial charge in [0.1, 0.15) is 5.75 Å². The Balaban J connectivity index is 1.95. The molecule has 1 aliphatic heterocycles. The van der Waals surface area contributed by atoms with Crippen molar-refractivity contribution >= 4 is 28.9 Å². The highest BCUT2D eigenvalue weighted by molar-refractivity contribution is 7.80. The molecule has 2 rings (SSSR count). The van der Waals surface area contributed by atoms with Crippen LogP contribution in [-0.2, 0) is 4.79 Å². The van der Waals surface area contributed by atoms with Gasteiger partial charge in [-0.3, -0.25) is 4.79 Å². The summed E-state index contributed by atoms with van der Waals surface area (Å²) in [6.45, 7) is 6.57. The molecule has 1 atom stereocenters. The molecular formula is C16H23N3O2S. The van der Waals surface area contributed by atoms with Gasteiger partial charge in [-0.05, 0) is 63.7 Å². The van der Waals surface area contributed by atoms with Crippen LogP contribution < -0.4 is 15.4 Å². The fourth-order valence-corrected chi connectivity index (χ4v) is 3.24. The van der Waals surface area contributed by atoms with Crippen molar-refractivity contribution in [3.05, 3.63) is 24.3 Å². The Morgan fingerprint density at radius 3 is 2.64 bits per heavy atom. The van der Waals surface area contributed by atoms with Gasteiger partial charge in [0.2, 0.25) is 5.91 Å². The molecule has 1 fully saturated rings. The molecule has 6 heteroatoms. The third kappa shape index (κ3) is 4.10. The summed E-state index contributed by atoms with van der Waals surface area (Å²) in [6, 6.07) is 7.48. The Morgan fingerprint density at radius 2 is 2.09 bits per heavy atom. The van der Waals surface area contributed by atoms with Gasteiger partial charge in [0, 0.05) is 17.3 Å². The number of nitrogens with one attached hydrogen (secondary N) is 2. The van der Waals surface area contributed by atoms with Crippen LogP contribution in [0.5, 0.6) is 5.75 Å². The first-order chi connectivity index (χ1) is 10.3. The van der Waals surface area contributed by atoms with Crippen molar-refractivity contribution in [2.45, 2.75) is 38.8 Å². The van der Waals surface area contributed by atoms with E-state index in [1.807, 2.05) is 29.2 Å². The van der Waals surface area contributed by atoms with Crippen molar-refractivity contribution in [2.24, 2.45) is 0 Å². The molecule has 5 nitrogen and oxygen atoms in total. The molecule has 0 saturated carbocycles. The van der Waals surface area contributed by atoms with Crippen LogP contribution >= 0.6 is 12.2 Å². The SMILES string of the molecule is COc1ccc(NC(=O)CN2C(=S)NC(C)(C)C[C@@H]2C)cc1. The summed E-state index contributed by atoms with van der Waals surface area (Å²) in [5, 5.41) is 6.79. The predicted molar refractivity (Wildman–Crippen MR) is 92.2 cm³/mol. The van der Waals surface area contributed by atoms with Crippen LogP contribution in [0.3, 0.4) is 0 Å². The summed E-state index contributed by atoms with van der Waals surface area (Å²) in [7, 11) is 1.61. The number of ether oxygens (including phenoxy) is 1. The van der Waals surface area contributed by atoms with Crippen LogP contribution in [-0.4, -0.2) is 41.2 Å². The zero-order chi connectivity index (χ0) is 16.3. The Bertz CT molecular complexity index is 557. The standard InChI is InChI=1S/C16H23N3O2S/c1-11-9-16(2,3)18-15(22)19(11)10-14(20)17-12-5-7-13(21-4)8-6-12/h5-8,11H,9-10H2,1-4H3,(H,17,20)(H,18,22)/t11-/m0/s1. The highest BCUT2D eigenvalue weighted by atomic mass is 32.1. The Morgan fingerprint density at radius 1 is 1.45 bits per heavy atom. The van der Waals surface area contributed by atoms with Gasteiger partial charge in [-0.15, -0.1) is 0 Å². The van der Waals surface area contributed by atoms with Crippen LogP contribution in [0.1, 0.15) is 27.2 Å². The molecule has 1 amide bonds. The van der Waals surface area contributed by atoms with Crippen LogP contribution in [0, 0.1) is 0 Å². The van der Waals surface area contributed by atoms with Crippen molar-refractivity contribution < 1.29 is 9.53 Å². The van der Waals surface area contributed by atoms with Crippen molar-refractivity contribution in [1.29, 1.82) is 0 Å². The normalized spacial score (nSPS) is 20.3. The second kappa shape index (κ2) is 6.52. The van der Waals surface area contributed by atoms with Gasteiger partial charge in [-0.25, -0.2) is 0 Å². The molecule has 1 aromatic rings. The molecule has 1 aromatic carbocycles. The maximum absolute atomic E-state index is 12.2. The van der Waals surface area contributed by atoms with Gasteiger partial charge in [0.15, 0.2) is 5.11 Å². The molecule has 1 saturated heterocycles. The summed E-state index contributed by atoms with van der Waals surface area (Å²) in [6.07, 6.45) is 0.933. The number of carbonyl (C=O) groups excluding carboxylic acids is 1. The average Bonchev–Trinajstić information content (AvgIpc) is 2.43. The molecule has 1 heterocycles. The number of benzene rings is 1. The summed E-state index contributed by atoms with van der Waals surface area (Å²) < 4.78 is 5.10. The second-order valence-electron chi connectivity index (χ2n) is 6.27. The van der Waals surface area contributed by atoms with Gasteiger partial charge in [-0.2, -0.15) is 0 Å². The first kappa shape index (κ1) is 16.5. The minimum Gasteiger partial charge on any atom is -0.497 e. The first-order valence-electron chi connectivity index (χ1n) is 7.33. The van der Waals surface area contributed by atoms with Crippen LogP contribution in [0.2, 0.25) is 0 Å². The number of anilines is 1. The Kier molecular flexibility index (Phi) is 4.90. The summed E-state index contributed by atoms with van der Waals surface area (Å²) >= 11 is 5.39. The number of thiocarbonyl (C=S) groups is 1. The number of hydrogen-bond donors (Lipinski definition) is 2. The van der Waals surface area contributed by atoms with Gasteiger partial charge in [-0.1, -0.05) is 0 Å². The summed E-state index contributed by atoms with van der Waals surface area (Å²) in [5.74, 6) is 0.677. The number of rotatable bonds is 4. The smallest absolute Gasteiger partial charge is 0.243 e. The molecule has 0 radical (unpaired) electrons. The van der Waals surface area contributed by atoms with Gasteiger partial charge >= 0.3 is 0 Å². The van der Waals surface area contributed by atoms with E-state index in [0.29, 0.717) is 5.11 Å². The van der Waals surface area contributed by atoms with E-state index in [4.69, 9.17) is 17.0 Å². The highest BCUT2D eigenvalue weighted by Gasteiger charge is 2.33. The molecule has 0 aliphatic carbocycles. The van der Waals surface area contributed by atoms with E-state index in [2.05, 4.69) is 31.4 Å². The molecule has 0 spiro atoms. The number of amides is 1. The van der Waals surface area contributed by atoms with Crippen molar-refractivity contribution in [3.63, 3.8) is 0 Å². The molecule has 0 aromatic heterocycles. The number of carbonyl (C=O) groups is 1. The largest absolute Gasteiger partial charge is 0.497 e. The van der Waals surface area contributed by atoms with E-state index in [1.165, 1.54) is 0 Å².